The number of aliphatic hydroxyl groups is 1. The predicted octanol–water partition coefficient (Wildman–Crippen LogP) is 3.07. The normalized spacial score (nSPS) is 13.7. The van der Waals surface area contributed by atoms with Crippen molar-refractivity contribution in [2.45, 2.75) is 38.3 Å². The molecule has 0 saturated carbocycles. The summed E-state index contributed by atoms with van der Waals surface area (Å²) >= 11 is 5.97. The lowest BCUT2D eigenvalue weighted by Gasteiger charge is -2.25. The zero-order chi connectivity index (χ0) is 24.9. The quantitative estimate of drug-likeness (QED) is 0.373. The molecule has 2 atom stereocenters. The van der Waals surface area contributed by atoms with Gasteiger partial charge < -0.3 is 26.9 Å². The molecule has 2 aromatic carbocycles. The summed E-state index contributed by atoms with van der Waals surface area (Å²) in [4.78, 5) is 24.7. The van der Waals surface area contributed by atoms with Crippen LogP contribution in [0, 0.1) is 17.0 Å². The molecule has 2 rings (SSSR count). The Morgan fingerprint density at radius 3 is 2.30 bits per heavy atom. The van der Waals surface area contributed by atoms with Crippen molar-refractivity contribution < 1.29 is 23.5 Å². The van der Waals surface area contributed by atoms with Gasteiger partial charge in [-0.1, -0.05) is 43.6 Å². The topological polar surface area (TPSA) is 128 Å². The monoisotopic (exact) mass is 478 g/mol. The minimum Gasteiger partial charge on any atom is -0.385 e. The number of carbonyl (C=O) groups is 2. The second-order valence-corrected chi connectivity index (χ2v) is 8.35. The smallest absolute Gasteiger partial charge is 0.254 e. The SMILES string of the molecule is C[C@H](NC(=O)[C@@H](O)c1ccccc1Cl)C(=O)N/C(N)=C/C(=N)C(C)(C)c1cc(F)cc(F)c1. The van der Waals surface area contributed by atoms with Crippen LogP contribution >= 0.6 is 11.6 Å². The van der Waals surface area contributed by atoms with Crippen molar-refractivity contribution in [1.29, 1.82) is 5.41 Å². The minimum absolute atomic E-state index is 0.115. The van der Waals surface area contributed by atoms with Gasteiger partial charge in [0.15, 0.2) is 6.10 Å². The summed E-state index contributed by atoms with van der Waals surface area (Å²) in [6, 6.07) is 8.12. The van der Waals surface area contributed by atoms with Gasteiger partial charge in [-0.2, -0.15) is 0 Å². The van der Waals surface area contributed by atoms with Crippen LogP contribution in [0.25, 0.3) is 0 Å². The van der Waals surface area contributed by atoms with E-state index in [1.54, 1.807) is 26.0 Å². The zero-order valence-electron chi connectivity index (χ0n) is 18.2. The molecule has 2 aromatic rings. The second kappa shape index (κ2) is 10.5. The summed E-state index contributed by atoms with van der Waals surface area (Å²) in [5.74, 6) is -3.30. The fourth-order valence-electron chi connectivity index (χ4n) is 2.89. The van der Waals surface area contributed by atoms with Crippen molar-refractivity contribution in [3.05, 3.63) is 82.1 Å². The van der Waals surface area contributed by atoms with E-state index in [1.165, 1.54) is 19.1 Å². The number of nitrogens with one attached hydrogen (secondary N) is 3. The van der Waals surface area contributed by atoms with E-state index in [-0.39, 0.29) is 27.7 Å². The number of carbonyl (C=O) groups excluding carboxylic acids is 2. The summed E-state index contributed by atoms with van der Waals surface area (Å²) < 4.78 is 27.1. The summed E-state index contributed by atoms with van der Waals surface area (Å²) in [7, 11) is 0. The first-order chi connectivity index (χ1) is 15.3. The van der Waals surface area contributed by atoms with Crippen LogP contribution in [0.1, 0.15) is 38.0 Å². The molecule has 176 valence electrons. The molecule has 0 saturated heterocycles. The van der Waals surface area contributed by atoms with E-state index < -0.39 is 41.0 Å². The Balaban J connectivity index is 2.04. The van der Waals surface area contributed by atoms with Crippen molar-refractivity contribution in [3.63, 3.8) is 0 Å². The number of amides is 2. The van der Waals surface area contributed by atoms with Crippen LogP contribution in [-0.4, -0.2) is 28.7 Å². The first-order valence-corrected chi connectivity index (χ1v) is 10.3. The number of halogens is 3. The predicted molar refractivity (Wildman–Crippen MR) is 122 cm³/mol. The molecule has 0 spiro atoms. The molecular weight excluding hydrogens is 454 g/mol. The van der Waals surface area contributed by atoms with Gasteiger partial charge in [0.05, 0.1) is 0 Å². The number of hydrogen-bond donors (Lipinski definition) is 5. The van der Waals surface area contributed by atoms with E-state index >= 15 is 0 Å². The summed E-state index contributed by atoms with van der Waals surface area (Å²) in [5, 5.41) is 23.4. The molecular formula is C23H25ClF2N4O3. The Morgan fingerprint density at radius 2 is 1.73 bits per heavy atom. The highest BCUT2D eigenvalue weighted by Gasteiger charge is 2.27. The van der Waals surface area contributed by atoms with Gasteiger partial charge in [-0.05, 0) is 36.8 Å². The summed E-state index contributed by atoms with van der Waals surface area (Å²) in [6.45, 7) is 4.53. The van der Waals surface area contributed by atoms with E-state index in [0.717, 1.165) is 24.3 Å². The Morgan fingerprint density at radius 1 is 1.15 bits per heavy atom. The minimum atomic E-state index is -1.58. The largest absolute Gasteiger partial charge is 0.385 e. The molecule has 0 bridgehead atoms. The average molecular weight is 479 g/mol. The van der Waals surface area contributed by atoms with Crippen LogP contribution in [0.5, 0.6) is 0 Å². The average Bonchev–Trinajstić information content (AvgIpc) is 2.72. The number of hydrogen-bond acceptors (Lipinski definition) is 5. The van der Waals surface area contributed by atoms with Gasteiger partial charge in [-0.25, -0.2) is 8.78 Å². The number of rotatable bonds is 8. The third-order valence-electron chi connectivity index (χ3n) is 5.03. The summed E-state index contributed by atoms with van der Waals surface area (Å²) in [6.07, 6.45) is -0.434. The molecule has 10 heteroatoms. The molecule has 0 fully saturated rings. The van der Waals surface area contributed by atoms with Gasteiger partial charge in [-0.3, -0.25) is 9.59 Å². The van der Waals surface area contributed by atoms with E-state index in [1.807, 2.05) is 0 Å². The number of allylic oxidation sites excluding steroid dienone is 1. The van der Waals surface area contributed by atoms with Gasteiger partial charge in [0, 0.05) is 27.8 Å². The van der Waals surface area contributed by atoms with Crippen LogP contribution in [0.15, 0.2) is 54.4 Å². The Labute approximate surface area is 195 Å². The van der Waals surface area contributed by atoms with Crippen molar-refractivity contribution in [2.24, 2.45) is 5.73 Å². The Bertz CT molecular complexity index is 1080. The van der Waals surface area contributed by atoms with E-state index in [2.05, 4.69) is 10.6 Å². The fourth-order valence-corrected chi connectivity index (χ4v) is 3.13. The first kappa shape index (κ1) is 26.0. The van der Waals surface area contributed by atoms with Crippen LogP contribution in [0.2, 0.25) is 5.02 Å². The van der Waals surface area contributed by atoms with Crippen LogP contribution in [0.3, 0.4) is 0 Å². The third kappa shape index (κ3) is 6.59. The maximum atomic E-state index is 13.6. The maximum Gasteiger partial charge on any atom is 0.254 e. The number of benzene rings is 2. The molecule has 0 aliphatic carbocycles. The van der Waals surface area contributed by atoms with E-state index in [0.29, 0.717) is 0 Å². The van der Waals surface area contributed by atoms with Crippen LogP contribution in [-0.2, 0) is 15.0 Å². The van der Waals surface area contributed by atoms with Gasteiger partial charge in [-0.15, -0.1) is 0 Å². The molecule has 0 radical (unpaired) electrons. The molecule has 0 unspecified atom stereocenters. The molecule has 0 aromatic heterocycles. The Hall–Kier alpha value is -3.30. The molecule has 6 N–H and O–H groups in total. The fraction of sp³-hybridized carbons (Fsp3) is 0.261. The van der Waals surface area contributed by atoms with Crippen molar-refractivity contribution >= 4 is 29.1 Å². The first-order valence-electron chi connectivity index (χ1n) is 9.89. The Kier molecular flexibility index (Phi) is 8.29. The number of nitrogens with two attached hydrogens (primary N) is 1. The van der Waals surface area contributed by atoms with Gasteiger partial charge in [0.25, 0.3) is 5.91 Å². The molecule has 0 heterocycles. The number of aliphatic hydroxyl groups excluding tert-OH is 1. The molecule has 0 aliphatic rings. The second-order valence-electron chi connectivity index (χ2n) is 7.94. The molecule has 0 aliphatic heterocycles. The van der Waals surface area contributed by atoms with E-state index in [4.69, 9.17) is 22.7 Å². The van der Waals surface area contributed by atoms with Crippen molar-refractivity contribution in [3.8, 4) is 0 Å². The maximum absolute atomic E-state index is 13.6. The van der Waals surface area contributed by atoms with Crippen molar-refractivity contribution in [1.82, 2.24) is 10.6 Å². The highest BCUT2D eigenvalue weighted by molar-refractivity contribution is 6.31. The lowest BCUT2D eigenvalue weighted by Crippen LogP contribution is -2.47. The van der Waals surface area contributed by atoms with Crippen LogP contribution < -0.4 is 16.4 Å². The highest BCUT2D eigenvalue weighted by atomic mass is 35.5. The zero-order valence-corrected chi connectivity index (χ0v) is 19.0. The lowest BCUT2D eigenvalue weighted by molar-refractivity contribution is -0.133. The summed E-state index contributed by atoms with van der Waals surface area (Å²) in [5.41, 5.74) is 4.99. The van der Waals surface area contributed by atoms with Gasteiger partial charge >= 0.3 is 0 Å². The van der Waals surface area contributed by atoms with Gasteiger partial charge in [0.2, 0.25) is 5.91 Å². The van der Waals surface area contributed by atoms with Crippen molar-refractivity contribution in [2.75, 3.05) is 0 Å². The highest BCUT2D eigenvalue weighted by Crippen LogP contribution is 2.27. The third-order valence-corrected chi connectivity index (χ3v) is 5.37. The molecule has 2 amide bonds. The van der Waals surface area contributed by atoms with Crippen LogP contribution in [0.4, 0.5) is 8.78 Å². The van der Waals surface area contributed by atoms with Gasteiger partial charge in [0.1, 0.15) is 23.5 Å². The molecule has 33 heavy (non-hydrogen) atoms. The van der Waals surface area contributed by atoms with E-state index in [9.17, 15) is 23.5 Å². The lowest BCUT2D eigenvalue weighted by atomic mass is 9.79. The standard InChI is InChI=1S/C23H25ClF2N4O3/c1-12(29-22(33)20(31)16-6-4-5-7-17(16)24)21(32)30-19(28)11-18(27)23(2,3)13-8-14(25)10-15(26)9-13/h4-12,20,27,31H,28H2,1-3H3,(H,29,33)(H,30,32)/b19-11+,27-18?/t12-,20-/m0/s1. The molecule has 7 nitrogen and oxygen atoms in total.